The van der Waals surface area contributed by atoms with E-state index in [4.69, 9.17) is 10.00 Å². The molecule has 0 bridgehead atoms. The first kappa shape index (κ1) is 14.6. The van der Waals surface area contributed by atoms with Gasteiger partial charge in [0.05, 0.1) is 19.2 Å². The second-order valence-electron chi connectivity index (χ2n) is 5.31. The molecule has 1 saturated heterocycles. The van der Waals surface area contributed by atoms with E-state index < -0.39 is 23.6 Å². The Morgan fingerprint density at radius 1 is 1.35 bits per heavy atom. The van der Waals surface area contributed by atoms with Crippen LogP contribution in [-0.4, -0.2) is 53.3 Å². The number of aliphatic carboxylic acids is 1. The third-order valence-corrected chi connectivity index (χ3v) is 3.96. The molecule has 2 amide bonds. The van der Waals surface area contributed by atoms with Crippen molar-refractivity contribution >= 4 is 12.0 Å². The van der Waals surface area contributed by atoms with E-state index in [2.05, 4.69) is 5.32 Å². The van der Waals surface area contributed by atoms with E-state index in [1.807, 2.05) is 6.07 Å². The number of nitrogens with one attached hydrogen (secondary N) is 1. The number of morpholine rings is 1. The summed E-state index contributed by atoms with van der Waals surface area (Å²) in [6.45, 7) is 0.851. The summed E-state index contributed by atoms with van der Waals surface area (Å²) in [5.41, 5.74) is -1.16. The van der Waals surface area contributed by atoms with Crippen LogP contribution >= 0.6 is 0 Å². The summed E-state index contributed by atoms with van der Waals surface area (Å²) in [6, 6.07) is 1.55. The van der Waals surface area contributed by atoms with Crippen LogP contribution in [0.5, 0.6) is 0 Å². The average molecular weight is 281 g/mol. The smallest absolute Gasteiger partial charge is 0.329 e. The van der Waals surface area contributed by atoms with Gasteiger partial charge in [0.2, 0.25) is 0 Å². The predicted molar refractivity (Wildman–Crippen MR) is 68.9 cm³/mol. The van der Waals surface area contributed by atoms with Crippen LogP contribution < -0.4 is 5.32 Å². The molecule has 0 aromatic rings. The summed E-state index contributed by atoms with van der Waals surface area (Å²) in [7, 11) is 0. The third kappa shape index (κ3) is 3.02. The van der Waals surface area contributed by atoms with Gasteiger partial charge in [-0.1, -0.05) is 19.3 Å². The van der Waals surface area contributed by atoms with Crippen molar-refractivity contribution in [2.45, 2.75) is 43.7 Å². The van der Waals surface area contributed by atoms with Crippen LogP contribution in [0.1, 0.15) is 32.1 Å². The fraction of sp³-hybridized carbons (Fsp3) is 0.769. The molecule has 1 heterocycles. The van der Waals surface area contributed by atoms with Gasteiger partial charge in [0.25, 0.3) is 0 Å². The molecule has 0 radical (unpaired) electrons. The quantitative estimate of drug-likeness (QED) is 0.776. The summed E-state index contributed by atoms with van der Waals surface area (Å²) in [6.07, 6.45) is 2.88. The molecule has 0 spiro atoms. The van der Waals surface area contributed by atoms with Crippen LogP contribution in [0.25, 0.3) is 0 Å². The van der Waals surface area contributed by atoms with Crippen molar-refractivity contribution in [1.29, 1.82) is 5.26 Å². The van der Waals surface area contributed by atoms with Crippen LogP contribution in [-0.2, 0) is 9.53 Å². The van der Waals surface area contributed by atoms with Crippen LogP contribution in [0, 0.1) is 11.3 Å². The highest BCUT2D eigenvalue weighted by atomic mass is 16.5. The first-order chi connectivity index (χ1) is 9.57. The lowest BCUT2D eigenvalue weighted by molar-refractivity contribution is -0.146. The first-order valence-electron chi connectivity index (χ1n) is 6.89. The molecule has 0 aromatic heterocycles. The maximum atomic E-state index is 12.2. The molecular formula is C13H19N3O4. The molecule has 1 aliphatic carbocycles. The molecule has 1 aliphatic heterocycles. The van der Waals surface area contributed by atoms with Crippen molar-refractivity contribution in [3.8, 4) is 6.07 Å². The zero-order valence-electron chi connectivity index (χ0n) is 11.3. The fourth-order valence-electron chi connectivity index (χ4n) is 2.74. The molecule has 0 aromatic carbocycles. The molecule has 110 valence electrons. The van der Waals surface area contributed by atoms with Crippen molar-refractivity contribution in [3.63, 3.8) is 0 Å². The van der Waals surface area contributed by atoms with Crippen molar-refractivity contribution < 1.29 is 19.4 Å². The van der Waals surface area contributed by atoms with Crippen LogP contribution in [0.4, 0.5) is 4.79 Å². The van der Waals surface area contributed by atoms with Gasteiger partial charge in [0, 0.05) is 6.54 Å². The summed E-state index contributed by atoms with van der Waals surface area (Å²) >= 11 is 0. The highest BCUT2D eigenvalue weighted by molar-refractivity contribution is 5.86. The molecule has 1 saturated carbocycles. The molecule has 2 aliphatic rings. The molecule has 7 nitrogen and oxygen atoms in total. The highest BCUT2D eigenvalue weighted by Crippen LogP contribution is 2.28. The lowest BCUT2D eigenvalue weighted by Crippen LogP contribution is -2.60. The number of carboxylic acid groups (broad SMARTS) is 1. The SMILES string of the molecule is N#CC1CN(C(=O)NC2(C(=O)O)CCCCC2)CCO1. The van der Waals surface area contributed by atoms with Gasteiger partial charge in [-0.05, 0) is 12.8 Å². The van der Waals surface area contributed by atoms with Crippen molar-refractivity contribution in [2.24, 2.45) is 0 Å². The maximum absolute atomic E-state index is 12.2. The van der Waals surface area contributed by atoms with E-state index in [-0.39, 0.29) is 6.54 Å². The molecule has 20 heavy (non-hydrogen) atoms. The lowest BCUT2D eigenvalue weighted by Gasteiger charge is -2.37. The lowest BCUT2D eigenvalue weighted by atomic mass is 9.82. The Kier molecular flexibility index (Phi) is 4.45. The van der Waals surface area contributed by atoms with Gasteiger partial charge in [0.1, 0.15) is 5.54 Å². The Labute approximate surface area is 117 Å². The van der Waals surface area contributed by atoms with Gasteiger partial charge in [-0.2, -0.15) is 5.26 Å². The fourth-order valence-corrected chi connectivity index (χ4v) is 2.74. The summed E-state index contributed by atoms with van der Waals surface area (Å²) in [5.74, 6) is -0.976. The van der Waals surface area contributed by atoms with Crippen LogP contribution in [0.2, 0.25) is 0 Å². The summed E-state index contributed by atoms with van der Waals surface area (Å²) in [5, 5.41) is 20.9. The number of carbonyl (C=O) groups is 2. The second kappa shape index (κ2) is 6.09. The third-order valence-electron chi connectivity index (χ3n) is 3.96. The minimum atomic E-state index is -1.16. The van der Waals surface area contributed by atoms with Crippen molar-refractivity contribution in [2.75, 3.05) is 19.7 Å². The summed E-state index contributed by atoms with van der Waals surface area (Å²) in [4.78, 5) is 25.2. The molecule has 2 fully saturated rings. The minimum Gasteiger partial charge on any atom is -0.480 e. The minimum absolute atomic E-state index is 0.179. The molecule has 2 rings (SSSR count). The monoisotopic (exact) mass is 281 g/mol. The second-order valence-corrected chi connectivity index (χ2v) is 5.31. The van der Waals surface area contributed by atoms with Gasteiger partial charge >= 0.3 is 12.0 Å². The topological polar surface area (TPSA) is 103 Å². The zero-order valence-corrected chi connectivity index (χ0v) is 11.3. The first-order valence-corrected chi connectivity index (χ1v) is 6.89. The van der Waals surface area contributed by atoms with Gasteiger partial charge in [-0.25, -0.2) is 9.59 Å². The molecule has 7 heteroatoms. The number of hydrogen-bond donors (Lipinski definition) is 2. The number of ether oxygens (including phenoxy) is 1. The number of carboxylic acids is 1. The summed E-state index contributed by atoms with van der Waals surface area (Å²) < 4.78 is 5.17. The standard InChI is InChI=1S/C13H19N3O4/c14-8-10-9-16(6-7-20-10)12(19)15-13(11(17)18)4-2-1-3-5-13/h10H,1-7,9H2,(H,15,19)(H,17,18). The number of urea groups is 1. The Morgan fingerprint density at radius 2 is 2.05 bits per heavy atom. The number of amides is 2. The van der Waals surface area contributed by atoms with Gasteiger partial charge in [-0.3, -0.25) is 0 Å². The number of carbonyl (C=O) groups excluding carboxylic acids is 1. The Morgan fingerprint density at radius 3 is 2.65 bits per heavy atom. The number of nitriles is 1. The van der Waals surface area contributed by atoms with Crippen LogP contribution in [0.15, 0.2) is 0 Å². The van der Waals surface area contributed by atoms with E-state index in [0.29, 0.717) is 26.0 Å². The van der Waals surface area contributed by atoms with Gasteiger partial charge in [0.15, 0.2) is 6.10 Å². The average Bonchev–Trinajstić information content (AvgIpc) is 2.48. The van der Waals surface area contributed by atoms with E-state index >= 15 is 0 Å². The zero-order chi connectivity index (χ0) is 14.6. The predicted octanol–water partition coefficient (Wildman–Crippen LogP) is 0.708. The normalized spacial score (nSPS) is 25.6. The Hall–Kier alpha value is -1.81. The van der Waals surface area contributed by atoms with E-state index in [1.54, 1.807) is 0 Å². The number of rotatable bonds is 2. The molecule has 1 unspecified atom stereocenters. The van der Waals surface area contributed by atoms with Crippen molar-refractivity contribution in [1.82, 2.24) is 10.2 Å². The van der Waals surface area contributed by atoms with E-state index in [9.17, 15) is 14.7 Å². The van der Waals surface area contributed by atoms with Gasteiger partial charge < -0.3 is 20.1 Å². The largest absolute Gasteiger partial charge is 0.480 e. The number of hydrogen-bond acceptors (Lipinski definition) is 4. The van der Waals surface area contributed by atoms with Crippen molar-refractivity contribution in [3.05, 3.63) is 0 Å². The van der Waals surface area contributed by atoms with Gasteiger partial charge in [-0.15, -0.1) is 0 Å². The highest BCUT2D eigenvalue weighted by Gasteiger charge is 2.42. The van der Waals surface area contributed by atoms with E-state index in [0.717, 1.165) is 19.3 Å². The molecule has 1 atom stereocenters. The molecule has 2 N–H and O–H groups in total. The molecular weight excluding hydrogens is 262 g/mol. The maximum Gasteiger partial charge on any atom is 0.329 e. The van der Waals surface area contributed by atoms with Crippen LogP contribution in [0.3, 0.4) is 0 Å². The Balaban J connectivity index is 2.01. The van der Waals surface area contributed by atoms with E-state index in [1.165, 1.54) is 4.90 Å². The number of nitrogens with zero attached hydrogens (tertiary/aromatic N) is 2. The Bertz CT molecular complexity index is 426.